The van der Waals surface area contributed by atoms with Crippen LogP contribution in [0.3, 0.4) is 0 Å². The van der Waals surface area contributed by atoms with Crippen molar-refractivity contribution in [3.05, 3.63) is 77.4 Å². The summed E-state index contributed by atoms with van der Waals surface area (Å²) >= 11 is 0. The Labute approximate surface area is 195 Å². The number of pyridine rings is 1. The normalized spacial score (nSPS) is 14.5. The van der Waals surface area contributed by atoms with Gasteiger partial charge in [-0.2, -0.15) is 4.68 Å². The number of benzene rings is 1. The molecule has 5 aromatic rings. The van der Waals surface area contributed by atoms with Crippen LogP contribution in [-0.2, 0) is 0 Å². The third-order valence-electron chi connectivity index (χ3n) is 6.46. The predicted molar refractivity (Wildman–Crippen MR) is 128 cm³/mol. The molecular formula is C25H24N8O. The Bertz CT molecular complexity index is 1560. The SMILES string of the molecule is CCC(C)n1ccnc1-c1cccc(-n2nnc3ccc(-n4cnc(C5CC5)c4)cc3c2=O)n1. The molecule has 0 spiro atoms. The molecule has 9 nitrogen and oxygen atoms in total. The smallest absolute Gasteiger partial charge is 0.283 e. The molecule has 0 bridgehead atoms. The Morgan fingerprint density at radius 3 is 2.85 bits per heavy atom. The quantitative estimate of drug-likeness (QED) is 0.385. The summed E-state index contributed by atoms with van der Waals surface area (Å²) in [4.78, 5) is 27.1. The molecule has 1 aliphatic rings. The highest BCUT2D eigenvalue weighted by Crippen LogP contribution is 2.39. The van der Waals surface area contributed by atoms with E-state index in [1.807, 2.05) is 47.3 Å². The molecule has 1 atom stereocenters. The van der Waals surface area contributed by atoms with Crippen LogP contribution >= 0.6 is 0 Å². The van der Waals surface area contributed by atoms with Gasteiger partial charge in [-0.05, 0) is 56.5 Å². The largest absolute Gasteiger partial charge is 0.327 e. The zero-order valence-corrected chi connectivity index (χ0v) is 19.0. The van der Waals surface area contributed by atoms with E-state index in [0.29, 0.717) is 28.3 Å². The number of imidazole rings is 2. The van der Waals surface area contributed by atoms with Crippen molar-refractivity contribution in [3.8, 4) is 23.0 Å². The van der Waals surface area contributed by atoms with E-state index in [9.17, 15) is 4.79 Å². The summed E-state index contributed by atoms with van der Waals surface area (Å²) in [5.41, 5.74) is 2.90. The zero-order chi connectivity index (χ0) is 23.2. The van der Waals surface area contributed by atoms with E-state index in [-0.39, 0.29) is 11.6 Å². The molecule has 0 amide bonds. The molecule has 1 saturated carbocycles. The van der Waals surface area contributed by atoms with E-state index in [0.717, 1.165) is 23.6 Å². The third-order valence-corrected chi connectivity index (χ3v) is 6.46. The molecule has 4 aromatic heterocycles. The second-order valence-corrected chi connectivity index (χ2v) is 8.78. The maximum absolute atomic E-state index is 13.4. The molecule has 1 aromatic carbocycles. The van der Waals surface area contributed by atoms with Gasteiger partial charge in [-0.1, -0.05) is 18.2 Å². The third kappa shape index (κ3) is 3.49. The van der Waals surface area contributed by atoms with E-state index in [4.69, 9.17) is 4.98 Å². The highest BCUT2D eigenvalue weighted by Gasteiger charge is 2.25. The lowest BCUT2D eigenvalue weighted by molar-refractivity contribution is 0.535. The highest BCUT2D eigenvalue weighted by molar-refractivity contribution is 5.79. The monoisotopic (exact) mass is 452 g/mol. The van der Waals surface area contributed by atoms with Crippen molar-refractivity contribution in [1.82, 2.24) is 39.1 Å². The molecule has 0 aliphatic heterocycles. The first-order valence-electron chi connectivity index (χ1n) is 11.6. The van der Waals surface area contributed by atoms with Gasteiger partial charge < -0.3 is 9.13 Å². The Balaban J connectivity index is 1.41. The topological polar surface area (TPSA) is 96.3 Å². The lowest BCUT2D eigenvalue weighted by atomic mass is 10.2. The standard InChI is InChI=1S/C25H24N8O/c1-3-16(2)32-12-11-26-24(32)21-5-4-6-23(28-21)33-25(34)19-13-18(9-10-20(19)29-30-33)31-14-22(27-15-31)17-7-8-17/h4-6,9-17H,3,7-8H2,1-2H3. The molecule has 34 heavy (non-hydrogen) atoms. The zero-order valence-electron chi connectivity index (χ0n) is 19.0. The van der Waals surface area contributed by atoms with Gasteiger partial charge in [0.15, 0.2) is 11.6 Å². The summed E-state index contributed by atoms with van der Waals surface area (Å²) in [6, 6.07) is 11.4. The van der Waals surface area contributed by atoms with E-state index >= 15 is 0 Å². The molecule has 0 radical (unpaired) electrons. The fraction of sp³-hybridized carbons (Fsp3) is 0.280. The molecule has 1 unspecified atom stereocenters. The average molecular weight is 453 g/mol. The van der Waals surface area contributed by atoms with Crippen LogP contribution in [0.5, 0.6) is 0 Å². The van der Waals surface area contributed by atoms with Crippen LogP contribution in [0, 0.1) is 0 Å². The van der Waals surface area contributed by atoms with Crippen molar-refractivity contribution in [2.75, 3.05) is 0 Å². The Morgan fingerprint density at radius 1 is 1.15 bits per heavy atom. The van der Waals surface area contributed by atoms with Crippen LogP contribution < -0.4 is 5.56 Å². The molecule has 9 heteroatoms. The van der Waals surface area contributed by atoms with Crippen LogP contribution in [0.25, 0.3) is 33.9 Å². The Morgan fingerprint density at radius 2 is 2.03 bits per heavy atom. The van der Waals surface area contributed by atoms with Gasteiger partial charge in [-0.15, -0.1) is 5.10 Å². The first kappa shape index (κ1) is 20.5. The van der Waals surface area contributed by atoms with Crippen molar-refractivity contribution in [3.63, 3.8) is 0 Å². The van der Waals surface area contributed by atoms with Gasteiger partial charge in [0.2, 0.25) is 0 Å². The highest BCUT2D eigenvalue weighted by atomic mass is 16.1. The molecule has 170 valence electrons. The Hall–Kier alpha value is -4.14. The lowest BCUT2D eigenvalue weighted by Crippen LogP contribution is -2.23. The minimum absolute atomic E-state index is 0.274. The summed E-state index contributed by atoms with van der Waals surface area (Å²) in [6.07, 6.45) is 10.9. The van der Waals surface area contributed by atoms with Crippen molar-refractivity contribution in [1.29, 1.82) is 0 Å². The minimum Gasteiger partial charge on any atom is -0.327 e. The molecule has 6 rings (SSSR count). The average Bonchev–Trinajstić information content (AvgIpc) is 3.39. The fourth-order valence-electron chi connectivity index (χ4n) is 4.14. The van der Waals surface area contributed by atoms with Crippen molar-refractivity contribution in [2.24, 2.45) is 0 Å². The van der Waals surface area contributed by atoms with Crippen molar-refractivity contribution in [2.45, 2.75) is 45.1 Å². The summed E-state index contributed by atoms with van der Waals surface area (Å²) in [5.74, 6) is 1.73. The van der Waals surface area contributed by atoms with Crippen LogP contribution in [0.4, 0.5) is 0 Å². The second-order valence-electron chi connectivity index (χ2n) is 8.78. The van der Waals surface area contributed by atoms with Gasteiger partial charge in [0.25, 0.3) is 5.56 Å². The van der Waals surface area contributed by atoms with Crippen LogP contribution in [0.15, 0.2) is 66.1 Å². The van der Waals surface area contributed by atoms with E-state index < -0.39 is 0 Å². The van der Waals surface area contributed by atoms with Gasteiger partial charge in [0, 0.05) is 36.2 Å². The van der Waals surface area contributed by atoms with Crippen LogP contribution in [0.2, 0.25) is 0 Å². The van der Waals surface area contributed by atoms with Crippen LogP contribution in [-0.4, -0.2) is 39.1 Å². The van der Waals surface area contributed by atoms with E-state index in [2.05, 4.69) is 38.7 Å². The molecule has 1 aliphatic carbocycles. The van der Waals surface area contributed by atoms with Gasteiger partial charge in [0.1, 0.15) is 11.2 Å². The predicted octanol–water partition coefficient (Wildman–Crippen LogP) is 4.07. The van der Waals surface area contributed by atoms with Crippen molar-refractivity contribution >= 4 is 10.9 Å². The summed E-state index contributed by atoms with van der Waals surface area (Å²) < 4.78 is 5.29. The van der Waals surface area contributed by atoms with E-state index in [1.54, 1.807) is 18.6 Å². The first-order valence-corrected chi connectivity index (χ1v) is 11.6. The molecule has 4 heterocycles. The van der Waals surface area contributed by atoms with Gasteiger partial charge in [-0.3, -0.25) is 4.79 Å². The molecular weight excluding hydrogens is 428 g/mol. The van der Waals surface area contributed by atoms with Gasteiger partial charge in [0.05, 0.1) is 17.4 Å². The van der Waals surface area contributed by atoms with Crippen molar-refractivity contribution < 1.29 is 0 Å². The molecule has 0 N–H and O–H groups in total. The number of hydrogen-bond acceptors (Lipinski definition) is 6. The minimum atomic E-state index is -0.274. The lowest BCUT2D eigenvalue weighted by Gasteiger charge is -2.14. The summed E-state index contributed by atoms with van der Waals surface area (Å²) in [5, 5.41) is 8.91. The maximum atomic E-state index is 13.4. The van der Waals surface area contributed by atoms with Crippen LogP contribution in [0.1, 0.15) is 50.8 Å². The summed E-state index contributed by atoms with van der Waals surface area (Å²) in [6.45, 7) is 4.27. The summed E-state index contributed by atoms with van der Waals surface area (Å²) in [7, 11) is 0. The number of fused-ring (bicyclic) bond motifs is 1. The van der Waals surface area contributed by atoms with Gasteiger partial charge >= 0.3 is 0 Å². The molecule has 1 fully saturated rings. The number of hydrogen-bond donors (Lipinski definition) is 0. The number of nitrogens with zero attached hydrogens (tertiary/aromatic N) is 8. The van der Waals surface area contributed by atoms with E-state index in [1.165, 1.54) is 17.5 Å². The number of aromatic nitrogens is 8. The second kappa shape index (κ2) is 8.02. The molecule has 0 saturated heterocycles. The van der Waals surface area contributed by atoms with Gasteiger partial charge in [-0.25, -0.2) is 15.0 Å². The first-order chi connectivity index (χ1) is 16.6. The maximum Gasteiger partial charge on any atom is 0.283 e. The fourth-order valence-corrected chi connectivity index (χ4v) is 4.14. The Kier molecular flexibility index (Phi) is 4.83. The number of rotatable bonds is 6.